The van der Waals surface area contributed by atoms with Crippen LogP contribution >= 0.6 is 0 Å². The second kappa shape index (κ2) is 4.17. The molecular formula is C10H15NO3. The minimum atomic E-state index is -0.136. The summed E-state index contributed by atoms with van der Waals surface area (Å²) in [4.78, 5) is 11.7. The molecule has 0 bridgehead atoms. The highest BCUT2D eigenvalue weighted by Crippen LogP contribution is 2.16. The molecule has 0 aliphatic rings. The Kier molecular flexibility index (Phi) is 3.17. The van der Waals surface area contributed by atoms with Crippen LogP contribution in [0.3, 0.4) is 0 Å². The van der Waals surface area contributed by atoms with Crippen LogP contribution in [0, 0.1) is 0 Å². The molecule has 14 heavy (non-hydrogen) atoms. The van der Waals surface area contributed by atoms with Crippen LogP contribution in [0.2, 0.25) is 0 Å². The lowest BCUT2D eigenvalue weighted by molar-refractivity contribution is 0.375. The molecule has 0 N–H and O–H groups in total. The van der Waals surface area contributed by atoms with E-state index < -0.39 is 0 Å². The van der Waals surface area contributed by atoms with Crippen LogP contribution < -0.4 is 15.0 Å². The largest absolute Gasteiger partial charge is 0.495 e. The summed E-state index contributed by atoms with van der Waals surface area (Å²) in [6.45, 7) is 3.86. The van der Waals surface area contributed by atoms with Crippen molar-refractivity contribution in [3.05, 3.63) is 22.6 Å². The van der Waals surface area contributed by atoms with E-state index in [-0.39, 0.29) is 11.6 Å². The molecule has 1 heterocycles. The van der Waals surface area contributed by atoms with E-state index >= 15 is 0 Å². The summed E-state index contributed by atoms with van der Waals surface area (Å²) >= 11 is 0. The van der Waals surface area contributed by atoms with Gasteiger partial charge in [-0.25, -0.2) is 0 Å². The maximum atomic E-state index is 11.7. The van der Waals surface area contributed by atoms with Crippen molar-refractivity contribution in [3.8, 4) is 11.5 Å². The van der Waals surface area contributed by atoms with E-state index in [1.807, 2.05) is 13.8 Å². The van der Waals surface area contributed by atoms with Crippen molar-refractivity contribution in [1.82, 2.24) is 4.57 Å². The molecular weight excluding hydrogens is 182 g/mol. The van der Waals surface area contributed by atoms with Gasteiger partial charge in [-0.15, -0.1) is 0 Å². The van der Waals surface area contributed by atoms with E-state index in [9.17, 15) is 4.79 Å². The zero-order valence-corrected chi connectivity index (χ0v) is 8.90. The second-order valence-corrected chi connectivity index (χ2v) is 3.25. The quantitative estimate of drug-likeness (QED) is 0.736. The fourth-order valence-electron chi connectivity index (χ4n) is 1.19. The summed E-state index contributed by atoms with van der Waals surface area (Å²) in [5, 5.41) is 0. The third-order valence-corrected chi connectivity index (χ3v) is 2.00. The Morgan fingerprint density at radius 3 is 2.36 bits per heavy atom. The number of methoxy groups -OCH3 is 2. The lowest BCUT2D eigenvalue weighted by Crippen LogP contribution is -2.22. The van der Waals surface area contributed by atoms with Gasteiger partial charge in [0.05, 0.1) is 14.2 Å². The van der Waals surface area contributed by atoms with Crippen molar-refractivity contribution in [1.29, 1.82) is 0 Å². The molecule has 0 radical (unpaired) electrons. The lowest BCUT2D eigenvalue weighted by atomic mass is 10.3. The van der Waals surface area contributed by atoms with Gasteiger partial charge in [-0.1, -0.05) is 0 Å². The normalized spacial score (nSPS) is 10.4. The third kappa shape index (κ3) is 1.89. The van der Waals surface area contributed by atoms with Crippen molar-refractivity contribution in [2.75, 3.05) is 14.2 Å². The highest BCUT2D eigenvalue weighted by molar-refractivity contribution is 5.29. The number of rotatable bonds is 3. The van der Waals surface area contributed by atoms with E-state index in [4.69, 9.17) is 9.47 Å². The number of hydrogen-bond acceptors (Lipinski definition) is 3. The highest BCUT2D eigenvalue weighted by atomic mass is 16.5. The van der Waals surface area contributed by atoms with Gasteiger partial charge in [0.25, 0.3) is 5.56 Å². The Hall–Kier alpha value is -1.45. The molecule has 1 aromatic rings. The SMILES string of the molecule is COc1cc(OC)c(=O)n(C(C)C)c1. The van der Waals surface area contributed by atoms with Gasteiger partial charge >= 0.3 is 0 Å². The summed E-state index contributed by atoms with van der Waals surface area (Å²) in [5.74, 6) is 0.924. The number of nitrogens with zero attached hydrogens (tertiary/aromatic N) is 1. The maximum Gasteiger partial charge on any atom is 0.293 e. The molecule has 0 aliphatic heterocycles. The van der Waals surface area contributed by atoms with E-state index in [1.54, 1.807) is 23.9 Å². The molecule has 4 nitrogen and oxygen atoms in total. The van der Waals surface area contributed by atoms with Crippen LogP contribution in [0.5, 0.6) is 11.5 Å². The van der Waals surface area contributed by atoms with E-state index in [0.717, 1.165) is 0 Å². The predicted molar refractivity (Wildman–Crippen MR) is 54.2 cm³/mol. The van der Waals surface area contributed by atoms with Crippen LogP contribution in [0.25, 0.3) is 0 Å². The Bertz CT molecular complexity index is 368. The first-order valence-electron chi connectivity index (χ1n) is 4.44. The molecule has 0 amide bonds. The van der Waals surface area contributed by atoms with Gasteiger partial charge in [0, 0.05) is 18.3 Å². The summed E-state index contributed by atoms with van der Waals surface area (Å²) < 4.78 is 11.6. The van der Waals surface area contributed by atoms with Crippen LogP contribution in [0.4, 0.5) is 0 Å². The van der Waals surface area contributed by atoms with E-state index in [2.05, 4.69) is 0 Å². The molecule has 0 atom stereocenters. The number of hydrogen-bond donors (Lipinski definition) is 0. The van der Waals surface area contributed by atoms with Crippen molar-refractivity contribution in [2.45, 2.75) is 19.9 Å². The van der Waals surface area contributed by atoms with Gasteiger partial charge in [0.1, 0.15) is 5.75 Å². The first-order chi connectivity index (χ1) is 6.60. The Morgan fingerprint density at radius 1 is 1.29 bits per heavy atom. The summed E-state index contributed by atoms with van der Waals surface area (Å²) in [6, 6.07) is 1.67. The molecule has 0 saturated heterocycles. The first-order valence-corrected chi connectivity index (χ1v) is 4.44. The molecule has 1 aromatic heterocycles. The van der Waals surface area contributed by atoms with Crippen molar-refractivity contribution < 1.29 is 9.47 Å². The molecule has 0 fully saturated rings. The minimum Gasteiger partial charge on any atom is -0.495 e. The smallest absolute Gasteiger partial charge is 0.293 e. The zero-order chi connectivity index (χ0) is 10.7. The average molecular weight is 197 g/mol. The second-order valence-electron chi connectivity index (χ2n) is 3.25. The van der Waals surface area contributed by atoms with Gasteiger partial charge < -0.3 is 14.0 Å². The topological polar surface area (TPSA) is 40.5 Å². The fourth-order valence-corrected chi connectivity index (χ4v) is 1.19. The van der Waals surface area contributed by atoms with Crippen molar-refractivity contribution in [3.63, 3.8) is 0 Å². The maximum absolute atomic E-state index is 11.7. The predicted octanol–water partition coefficient (Wildman–Crippen LogP) is 1.45. The number of pyridine rings is 1. The van der Waals surface area contributed by atoms with Gasteiger partial charge in [-0.3, -0.25) is 4.79 Å². The third-order valence-electron chi connectivity index (χ3n) is 2.00. The van der Waals surface area contributed by atoms with Gasteiger partial charge in [0.15, 0.2) is 5.75 Å². The van der Waals surface area contributed by atoms with Gasteiger partial charge in [-0.2, -0.15) is 0 Å². The van der Waals surface area contributed by atoms with Crippen LogP contribution in [-0.2, 0) is 0 Å². The fraction of sp³-hybridized carbons (Fsp3) is 0.500. The minimum absolute atomic E-state index is 0.0894. The Balaban J connectivity index is 3.35. The van der Waals surface area contributed by atoms with E-state index in [1.165, 1.54) is 7.11 Å². The summed E-state index contributed by atoms with van der Waals surface area (Å²) in [5.41, 5.74) is -0.136. The molecule has 0 aromatic carbocycles. The van der Waals surface area contributed by atoms with Gasteiger partial charge in [-0.05, 0) is 13.8 Å². The van der Waals surface area contributed by atoms with Crippen LogP contribution in [0.1, 0.15) is 19.9 Å². The highest BCUT2D eigenvalue weighted by Gasteiger charge is 2.09. The number of ether oxygens (including phenoxy) is 2. The summed E-state index contributed by atoms with van der Waals surface area (Å²) in [6.07, 6.45) is 1.68. The summed E-state index contributed by atoms with van der Waals surface area (Å²) in [7, 11) is 3.03. The average Bonchev–Trinajstić information content (AvgIpc) is 2.17. The standard InChI is InChI=1S/C10H15NO3/c1-7(2)11-6-8(13-3)5-9(14-4)10(11)12/h5-7H,1-4H3. The first kappa shape index (κ1) is 10.6. The van der Waals surface area contributed by atoms with E-state index in [0.29, 0.717) is 11.5 Å². The van der Waals surface area contributed by atoms with Crippen molar-refractivity contribution in [2.24, 2.45) is 0 Å². The zero-order valence-electron chi connectivity index (χ0n) is 8.90. The molecule has 0 aliphatic carbocycles. The monoisotopic (exact) mass is 197 g/mol. The van der Waals surface area contributed by atoms with Crippen LogP contribution in [-0.4, -0.2) is 18.8 Å². The molecule has 1 rings (SSSR count). The van der Waals surface area contributed by atoms with Crippen LogP contribution in [0.15, 0.2) is 17.1 Å². The molecule has 4 heteroatoms. The molecule has 0 spiro atoms. The molecule has 78 valence electrons. The number of aromatic nitrogens is 1. The van der Waals surface area contributed by atoms with Gasteiger partial charge in [0.2, 0.25) is 0 Å². The lowest BCUT2D eigenvalue weighted by Gasteiger charge is -2.13. The van der Waals surface area contributed by atoms with Crippen molar-refractivity contribution >= 4 is 0 Å². The Morgan fingerprint density at radius 2 is 1.93 bits per heavy atom. The Labute approximate surface area is 83.1 Å². The molecule has 0 saturated carbocycles. The molecule has 0 unspecified atom stereocenters.